The second-order valence-electron chi connectivity index (χ2n) is 7.98. The van der Waals surface area contributed by atoms with E-state index < -0.39 is 0 Å². The molecule has 0 unspecified atom stereocenters. The van der Waals surface area contributed by atoms with Crippen molar-refractivity contribution in [2.24, 2.45) is 0 Å². The van der Waals surface area contributed by atoms with Crippen LogP contribution in [0.1, 0.15) is 69.6 Å². The van der Waals surface area contributed by atoms with Crippen molar-refractivity contribution in [2.75, 3.05) is 20.1 Å². The smallest absolute Gasteiger partial charge is 0.147 e. The summed E-state index contributed by atoms with van der Waals surface area (Å²) < 4.78 is 2.07. The molecule has 1 aromatic rings. The van der Waals surface area contributed by atoms with Crippen molar-refractivity contribution in [3.8, 4) is 0 Å². The van der Waals surface area contributed by atoms with E-state index in [9.17, 15) is 5.11 Å². The number of piperidine rings is 1. The molecule has 2 fully saturated rings. The van der Waals surface area contributed by atoms with Gasteiger partial charge in [-0.1, -0.05) is 0 Å². The van der Waals surface area contributed by atoms with Gasteiger partial charge in [0.2, 0.25) is 0 Å². The van der Waals surface area contributed by atoms with Crippen LogP contribution in [-0.2, 0) is 0 Å². The number of nitrogens with one attached hydrogen (secondary N) is 1. The molecule has 1 aromatic heterocycles. The van der Waals surface area contributed by atoms with E-state index in [1.54, 1.807) is 0 Å². The summed E-state index contributed by atoms with van der Waals surface area (Å²) in [6.45, 7) is 8.57. The molecule has 1 saturated carbocycles. The summed E-state index contributed by atoms with van der Waals surface area (Å²) in [6, 6.07) is 1.03. The zero-order valence-electron chi connectivity index (χ0n) is 15.6. The molecular formula is C18H33N5O. The van der Waals surface area contributed by atoms with Gasteiger partial charge in [0.25, 0.3) is 0 Å². The topological polar surface area (TPSA) is 66.2 Å². The van der Waals surface area contributed by atoms with Crippen molar-refractivity contribution in [2.45, 2.75) is 83.0 Å². The monoisotopic (exact) mass is 335 g/mol. The summed E-state index contributed by atoms with van der Waals surface area (Å²) in [5.74, 6) is 2.34. The first-order valence-electron chi connectivity index (χ1n) is 9.49. The van der Waals surface area contributed by atoms with Crippen molar-refractivity contribution in [3.63, 3.8) is 0 Å². The fourth-order valence-electron chi connectivity index (χ4n) is 4.15. The summed E-state index contributed by atoms with van der Waals surface area (Å²) in [5, 5.41) is 18.8. The second kappa shape index (κ2) is 7.50. The zero-order valence-corrected chi connectivity index (χ0v) is 15.6. The molecule has 3 atom stereocenters. The highest BCUT2D eigenvalue weighted by molar-refractivity contribution is 5.05. The highest BCUT2D eigenvalue weighted by atomic mass is 16.3. The van der Waals surface area contributed by atoms with Crippen LogP contribution in [0.15, 0.2) is 0 Å². The third-order valence-electron chi connectivity index (χ3n) is 5.60. The highest BCUT2D eigenvalue weighted by Gasteiger charge is 2.34. The third-order valence-corrected chi connectivity index (χ3v) is 5.60. The van der Waals surface area contributed by atoms with Crippen LogP contribution in [0.5, 0.6) is 0 Å². The van der Waals surface area contributed by atoms with Gasteiger partial charge in [-0.15, -0.1) is 0 Å². The van der Waals surface area contributed by atoms with Crippen LogP contribution in [0.3, 0.4) is 0 Å². The molecule has 24 heavy (non-hydrogen) atoms. The average molecular weight is 335 g/mol. The molecule has 6 nitrogen and oxygen atoms in total. The molecule has 1 aliphatic heterocycles. The van der Waals surface area contributed by atoms with Gasteiger partial charge < -0.3 is 15.3 Å². The quantitative estimate of drug-likeness (QED) is 0.879. The largest absolute Gasteiger partial charge is 0.392 e. The lowest BCUT2D eigenvalue weighted by Gasteiger charge is -2.38. The SMILES string of the molecule is Cc1nc([C@H]2CC[C@@H](O)[C@H](NC3CCN(C)CC3)C2)n(C(C)C)n1. The molecule has 1 aliphatic carbocycles. The first kappa shape index (κ1) is 17.8. The second-order valence-corrected chi connectivity index (χ2v) is 7.98. The molecule has 2 heterocycles. The molecule has 0 radical (unpaired) electrons. The lowest BCUT2D eigenvalue weighted by Crippen LogP contribution is -2.51. The van der Waals surface area contributed by atoms with Crippen molar-refractivity contribution < 1.29 is 5.11 Å². The number of nitrogens with zero attached hydrogens (tertiary/aromatic N) is 4. The van der Waals surface area contributed by atoms with E-state index in [4.69, 9.17) is 4.98 Å². The predicted octanol–water partition coefficient (Wildman–Crippen LogP) is 1.85. The maximum absolute atomic E-state index is 10.5. The van der Waals surface area contributed by atoms with Gasteiger partial charge in [0.15, 0.2) is 0 Å². The number of rotatable bonds is 4. The average Bonchev–Trinajstić information content (AvgIpc) is 2.94. The Morgan fingerprint density at radius 1 is 1.17 bits per heavy atom. The summed E-state index contributed by atoms with van der Waals surface area (Å²) in [6.07, 6.45) is 4.91. The lowest BCUT2D eigenvalue weighted by molar-refractivity contribution is 0.0691. The Labute approximate surface area is 145 Å². The molecule has 2 aliphatic rings. The minimum atomic E-state index is -0.238. The fourth-order valence-corrected chi connectivity index (χ4v) is 4.15. The first-order valence-corrected chi connectivity index (χ1v) is 9.49. The van der Waals surface area contributed by atoms with E-state index in [0.717, 1.165) is 44.0 Å². The van der Waals surface area contributed by atoms with E-state index in [-0.39, 0.29) is 12.1 Å². The van der Waals surface area contributed by atoms with Gasteiger partial charge in [-0.25, -0.2) is 9.67 Å². The van der Waals surface area contributed by atoms with Gasteiger partial charge in [0.1, 0.15) is 11.6 Å². The van der Waals surface area contributed by atoms with Crippen LogP contribution in [0, 0.1) is 6.92 Å². The Hall–Kier alpha value is -0.980. The van der Waals surface area contributed by atoms with Crippen LogP contribution in [-0.4, -0.2) is 63.1 Å². The predicted molar refractivity (Wildman–Crippen MR) is 95.2 cm³/mol. The Kier molecular flexibility index (Phi) is 5.57. The van der Waals surface area contributed by atoms with Gasteiger partial charge >= 0.3 is 0 Å². The lowest BCUT2D eigenvalue weighted by atomic mass is 9.82. The van der Waals surface area contributed by atoms with E-state index in [1.807, 2.05) is 6.92 Å². The number of aliphatic hydroxyl groups excluding tert-OH is 1. The van der Waals surface area contributed by atoms with Crippen molar-refractivity contribution >= 4 is 0 Å². The number of aromatic nitrogens is 3. The molecule has 6 heteroatoms. The molecule has 0 spiro atoms. The van der Waals surface area contributed by atoms with Crippen LogP contribution < -0.4 is 5.32 Å². The van der Waals surface area contributed by atoms with Gasteiger partial charge in [0.05, 0.1) is 6.10 Å². The summed E-state index contributed by atoms with van der Waals surface area (Å²) >= 11 is 0. The van der Waals surface area contributed by atoms with Crippen molar-refractivity contribution in [3.05, 3.63) is 11.6 Å². The Balaban J connectivity index is 1.67. The highest BCUT2D eigenvalue weighted by Crippen LogP contribution is 2.33. The molecule has 0 aromatic carbocycles. The van der Waals surface area contributed by atoms with Crippen LogP contribution >= 0.6 is 0 Å². The number of likely N-dealkylation sites (tertiary alicyclic amines) is 1. The maximum Gasteiger partial charge on any atom is 0.147 e. The Morgan fingerprint density at radius 2 is 1.88 bits per heavy atom. The Morgan fingerprint density at radius 3 is 2.54 bits per heavy atom. The molecule has 3 rings (SSSR count). The summed E-state index contributed by atoms with van der Waals surface area (Å²) in [4.78, 5) is 7.09. The van der Waals surface area contributed by atoms with E-state index in [2.05, 4.69) is 40.9 Å². The van der Waals surface area contributed by atoms with Crippen LogP contribution in [0.4, 0.5) is 0 Å². The van der Waals surface area contributed by atoms with E-state index in [0.29, 0.717) is 18.0 Å². The van der Waals surface area contributed by atoms with Gasteiger partial charge in [-0.05, 0) is 73.0 Å². The third kappa shape index (κ3) is 3.98. The number of aryl methyl sites for hydroxylation is 1. The van der Waals surface area contributed by atoms with Crippen LogP contribution in [0.25, 0.3) is 0 Å². The van der Waals surface area contributed by atoms with Gasteiger partial charge in [-0.3, -0.25) is 0 Å². The zero-order chi connectivity index (χ0) is 17.3. The minimum Gasteiger partial charge on any atom is -0.392 e. The molecule has 2 N–H and O–H groups in total. The molecule has 0 bridgehead atoms. The number of aliphatic hydroxyl groups is 1. The summed E-state index contributed by atoms with van der Waals surface area (Å²) in [7, 11) is 2.18. The van der Waals surface area contributed by atoms with E-state index >= 15 is 0 Å². The fraction of sp³-hybridized carbons (Fsp3) is 0.889. The molecular weight excluding hydrogens is 302 g/mol. The normalized spacial score (nSPS) is 30.2. The standard InChI is InChI=1S/C18H33N5O/c1-12(2)23-18(19-13(3)21-23)14-5-6-17(24)16(11-14)20-15-7-9-22(4)10-8-15/h12,14-17,20,24H,5-11H2,1-4H3/t14-,16+,17+/m0/s1. The molecule has 0 amide bonds. The van der Waals surface area contributed by atoms with Gasteiger partial charge in [0, 0.05) is 24.0 Å². The van der Waals surface area contributed by atoms with Crippen LogP contribution in [0.2, 0.25) is 0 Å². The summed E-state index contributed by atoms with van der Waals surface area (Å²) in [5.41, 5.74) is 0. The Bertz CT molecular complexity index is 536. The minimum absolute atomic E-state index is 0.176. The number of hydrogen-bond acceptors (Lipinski definition) is 5. The maximum atomic E-state index is 10.5. The van der Waals surface area contributed by atoms with Crippen molar-refractivity contribution in [1.29, 1.82) is 0 Å². The number of hydrogen-bond donors (Lipinski definition) is 2. The molecule has 136 valence electrons. The van der Waals surface area contributed by atoms with Gasteiger partial charge in [-0.2, -0.15) is 5.10 Å². The first-order chi connectivity index (χ1) is 11.4. The van der Waals surface area contributed by atoms with E-state index in [1.165, 1.54) is 12.8 Å². The molecule has 1 saturated heterocycles. The van der Waals surface area contributed by atoms with Crippen molar-refractivity contribution in [1.82, 2.24) is 25.0 Å².